The lowest BCUT2D eigenvalue weighted by atomic mass is 10.1. The van der Waals surface area contributed by atoms with Crippen LogP contribution in [0.3, 0.4) is 0 Å². The summed E-state index contributed by atoms with van der Waals surface area (Å²) in [6, 6.07) is 5.91. The van der Waals surface area contributed by atoms with Crippen molar-refractivity contribution in [1.82, 2.24) is 4.90 Å². The first-order chi connectivity index (χ1) is 9.97. The average Bonchev–Trinajstić information content (AvgIpc) is 2.45. The van der Waals surface area contributed by atoms with Gasteiger partial charge >= 0.3 is 5.97 Å². The molecule has 0 bridgehead atoms. The summed E-state index contributed by atoms with van der Waals surface area (Å²) in [5, 5.41) is 0. The Hall–Kier alpha value is -1.62. The Morgan fingerprint density at radius 3 is 2.67 bits per heavy atom. The minimum absolute atomic E-state index is 0.0252. The zero-order valence-corrected chi connectivity index (χ0v) is 14.1. The summed E-state index contributed by atoms with van der Waals surface area (Å²) in [4.78, 5) is 24.9. The van der Waals surface area contributed by atoms with Gasteiger partial charge in [-0.1, -0.05) is 35.0 Å². The number of esters is 1. The van der Waals surface area contributed by atoms with Crippen LogP contribution in [0.1, 0.15) is 24.5 Å². The molecular formula is C16H20BrNO3. The van der Waals surface area contributed by atoms with Crippen LogP contribution in [0.15, 0.2) is 28.7 Å². The largest absolute Gasteiger partial charge is 0.468 e. The van der Waals surface area contributed by atoms with Crippen molar-refractivity contribution in [3.63, 3.8) is 0 Å². The number of halogens is 1. The molecule has 114 valence electrons. The molecule has 0 atom stereocenters. The van der Waals surface area contributed by atoms with Gasteiger partial charge in [-0.3, -0.25) is 9.59 Å². The predicted octanol–water partition coefficient (Wildman–Crippen LogP) is 3.18. The van der Waals surface area contributed by atoms with Gasteiger partial charge in [-0.2, -0.15) is 0 Å². The Kier molecular flexibility index (Phi) is 7.15. The number of ether oxygens (including phenoxy) is 1. The molecule has 1 aromatic carbocycles. The number of hydrogen-bond donors (Lipinski definition) is 0. The fourth-order valence-corrected chi connectivity index (χ4v) is 2.42. The van der Waals surface area contributed by atoms with E-state index in [-0.39, 0.29) is 12.5 Å². The van der Waals surface area contributed by atoms with Crippen molar-refractivity contribution in [2.45, 2.75) is 20.3 Å². The smallest absolute Gasteiger partial charge is 0.325 e. The van der Waals surface area contributed by atoms with Gasteiger partial charge < -0.3 is 9.64 Å². The third kappa shape index (κ3) is 5.71. The van der Waals surface area contributed by atoms with Crippen LogP contribution in [0.5, 0.6) is 0 Å². The van der Waals surface area contributed by atoms with Crippen molar-refractivity contribution < 1.29 is 14.3 Å². The molecule has 0 aliphatic carbocycles. The zero-order chi connectivity index (χ0) is 15.8. The first kappa shape index (κ1) is 17.4. The van der Waals surface area contributed by atoms with E-state index in [1.165, 1.54) is 18.1 Å². The Bertz CT molecular complexity index is 540. The summed E-state index contributed by atoms with van der Waals surface area (Å²) < 4.78 is 5.54. The summed E-state index contributed by atoms with van der Waals surface area (Å²) in [5.74, 6) is -0.614. The number of aryl methyl sites for hydroxylation is 1. The first-order valence-electron chi connectivity index (χ1n) is 6.78. The minimum Gasteiger partial charge on any atom is -0.468 e. The molecule has 4 nitrogen and oxygen atoms in total. The highest BCUT2D eigenvalue weighted by Gasteiger charge is 2.14. The van der Waals surface area contributed by atoms with E-state index in [0.717, 1.165) is 22.0 Å². The van der Waals surface area contributed by atoms with E-state index in [4.69, 9.17) is 0 Å². The third-order valence-corrected chi connectivity index (χ3v) is 3.60. The minimum atomic E-state index is -0.415. The molecule has 21 heavy (non-hydrogen) atoms. The molecule has 0 aliphatic heterocycles. The highest BCUT2D eigenvalue weighted by molar-refractivity contribution is 9.10. The summed E-state index contributed by atoms with van der Waals surface area (Å²) in [6.45, 7) is 4.45. The van der Waals surface area contributed by atoms with Crippen LogP contribution < -0.4 is 0 Å². The molecule has 0 aliphatic rings. The van der Waals surface area contributed by atoms with Crippen LogP contribution in [-0.4, -0.2) is 37.0 Å². The number of hydrogen-bond acceptors (Lipinski definition) is 3. The fraction of sp³-hybridized carbons (Fsp3) is 0.375. The number of amides is 1. The molecule has 0 N–H and O–H groups in total. The average molecular weight is 354 g/mol. The number of benzene rings is 1. The summed E-state index contributed by atoms with van der Waals surface area (Å²) in [7, 11) is 1.32. The lowest BCUT2D eigenvalue weighted by Gasteiger charge is -2.18. The first-order valence-corrected chi connectivity index (χ1v) is 7.57. The van der Waals surface area contributed by atoms with Gasteiger partial charge in [-0.25, -0.2) is 0 Å². The molecule has 1 rings (SSSR count). The van der Waals surface area contributed by atoms with Gasteiger partial charge in [0.15, 0.2) is 0 Å². The zero-order valence-electron chi connectivity index (χ0n) is 12.6. The molecular weight excluding hydrogens is 334 g/mol. The molecule has 0 fully saturated rings. The van der Waals surface area contributed by atoms with Crippen LogP contribution in [0.25, 0.3) is 6.08 Å². The van der Waals surface area contributed by atoms with Crippen molar-refractivity contribution in [2.75, 3.05) is 20.2 Å². The molecule has 0 heterocycles. The molecule has 5 heteroatoms. The van der Waals surface area contributed by atoms with Crippen molar-refractivity contribution in [1.29, 1.82) is 0 Å². The van der Waals surface area contributed by atoms with E-state index in [1.54, 1.807) is 6.08 Å². The fourth-order valence-electron chi connectivity index (χ4n) is 1.79. The van der Waals surface area contributed by atoms with Crippen LogP contribution in [-0.2, 0) is 14.3 Å². The Labute approximate surface area is 133 Å². The Morgan fingerprint density at radius 1 is 1.38 bits per heavy atom. The number of nitrogens with zero attached hydrogens (tertiary/aromatic N) is 1. The predicted molar refractivity (Wildman–Crippen MR) is 86.8 cm³/mol. The van der Waals surface area contributed by atoms with Crippen molar-refractivity contribution in [3.8, 4) is 0 Å². The second kappa shape index (κ2) is 8.62. The maximum absolute atomic E-state index is 12.2. The molecule has 0 unspecified atom stereocenters. The molecule has 0 aromatic heterocycles. The summed E-state index contributed by atoms with van der Waals surface area (Å²) in [5.41, 5.74) is 2.06. The van der Waals surface area contributed by atoms with Gasteiger partial charge in [0.1, 0.15) is 6.54 Å². The van der Waals surface area contributed by atoms with Gasteiger partial charge in [0.2, 0.25) is 5.91 Å². The quantitative estimate of drug-likeness (QED) is 0.582. The monoisotopic (exact) mass is 353 g/mol. The van der Waals surface area contributed by atoms with Gasteiger partial charge in [0.25, 0.3) is 0 Å². The van der Waals surface area contributed by atoms with Gasteiger partial charge in [0, 0.05) is 17.1 Å². The van der Waals surface area contributed by atoms with Crippen LogP contribution in [0.2, 0.25) is 0 Å². The maximum atomic E-state index is 12.2. The van der Waals surface area contributed by atoms with E-state index in [2.05, 4.69) is 20.7 Å². The lowest BCUT2D eigenvalue weighted by molar-refractivity contribution is -0.145. The molecule has 1 amide bonds. The van der Waals surface area contributed by atoms with E-state index >= 15 is 0 Å². The highest BCUT2D eigenvalue weighted by Crippen LogP contribution is 2.19. The van der Waals surface area contributed by atoms with E-state index in [0.29, 0.717) is 6.54 Å². The van der Waals surface area contributed by atoms with E-state index in [1.807, 2.05) is 32.0 Å². The van der Waals surface area contributed by atoms with Crippen LogP contribution in [0, 0.1) is 6.92 Å². The standard InChI is InChI=1S/C16H20BrNO3/c1-4-9-18(11-16(20)21-3)15(19)8-7-13-6-5-12(2)10-14(13)17/h5-8,10H,4,9,11H2,1-3H3. The molecule has 0 saturated heterocycles. The second-order valence-electron chi connectivity index (χ2n) is 4.69. The van der Waals surface area contributed by atoms with Crippen LogP contribution in [0.4, 0.5) is 0 Å². The Balaban J connectivity index is 2.80. The Morgan fingerprint density at radius 2 is 2.10 bits per heavy atom. The van der Waals surface area contributed by atoms with E-state index < -0.39 is 5.97 Å². The van der Waals surface area contributed by atoms with Gasteiger partial charge in [0.05, 0.1) is 7.11 Å². The molecule has 0 spiro atoms. The maximum Gasteiger partial charge on any atom is 0.325 e. The van der Waals surface area contributed by atoms with Crippen molar-refractivity contribution in [3.05, 3.63) is 39.9 Å². The normalized spacial score (nSPS) is 10.7. The summed E-state index contributed by atoms with van der Waals surface area (Å²) >= 11 is 3.47. The SMILES string of the molecule is CCCN(CC(=O)OC)C(=O)C=Cc1ccc(C)cc1Br. The number of carbonyl (C=O) groups excluding carboxylic acids is 2. The summed E-state index contributed by atoms with van der Waals surface area (Å²) in [6.07, 6.45) is 4.00. The number of rotatable bonds is 6. The van der Waals surface area contributed by atoms with Gasteiger partial charge in [-0.15, -0.1) is 0 Å². The number of methoxy groups -OCH3 is 1. The molecule has 1 aromatic rings. The van der Waals surface area contributed by atoms with E-state index in [9.17, 15) is 9.59 Å². The third-order valence-electron chi connectivity index (χ3n) is 2.91. The topological polar surface area (TPSA) is 46.6 Å². The van der Waals surface area contributed by atoms with Crippen molar-refractivity contribution >= 4 is 33.9 Å². The van der Waals surface area contributed by atoms with Crippen LogP contribution >= 0.6 is 15.9 Å². The molecule has 0 radical (unpaired) electrons. The van der Waals surface area contributed by atoms with Crippen molar-refractivity contribution in [2.24, 2.45) is 0 Å². The lowest BCUT2D eigenvalue weighted by Crippen LogP contribution is -2.35. The number of carbonyl (C=O) groups is 2. The highest BCUT2D eigenvalue weighted by atomic mass is 79.9. The molecule has 0 saturated carbocycles. The van der Waals surface area contributed by atoms with Gasteiger partial charge in [-0.05, 0) is 36.6 Å². The second-order valence-corrected chi connectivity index (χ2v) is 5.55.